The molecule has 0 aromatic heterocycles. The van der Waals surface area contributed by atoms with E-state index in [-0.39, 0.29) is 0 Å². The van der Waals surface area contributed by atoms with Crippen molar-refractivity contribution in [1.29, 1.82) is 0 Å². The summed E-state index contributed by atoms with van der Waals surface area (Å²) in [6.45, 7) is 2.10. The normalized spacial score (nSPS) is 14.6. The lowest BCUT2D eigenvalue weighted by atomic mass is 9.91. The van der Waals surface area contributed by atoms with E-state index in [1.807, 2.05) is 7.05 Å². The van der Waals surface area contributed by atoms with E-state index in [9.17, 15) is 0 Å². The van der Waals surface area contributed by atoms with Gasteiger partial charge >= 0.3 is 0 Å². The molecule has 0 saturated heterocycles. The van der Waals surface area contributed by atoms with Gasteiger partial charge in [-0.3, -0.25) is 0 Å². The predicted molar refractivity (Wildman–Crippen MR) is 70.3 cm³/mol. The maximum Gasteiger partial charge on any atom is 0.0366 e. The van der Waals surface area contributed by atoms with Crippen LogP contribution >= 0.6 is 0 Å². The van der Waals surface area contributed by atoms with Crippen LogP contribution in [0.4, 0.5) is 5.69 Å². The Morgan fingerprint density at radius 1 is 1.19 bits per heavy atom. The first-order chi connectivity index (χ1) is 7.81. The topological polar surface area (TPSA) is 15.3 Å². The van der Waals surface area contributed by atoms with Crippen LogP contribution in [-0.4, -0.2) is 27.2 Å². The number of nitrogens with one attached hydrogen (secondary N) is 1. The van der Waals surface area contributed by atoms with Gasteiger partial charge in [0.2, 0.25) is 0 Å². The third kappa shape index (κ3) is 2.56. The van der Waals surface area contributed by atoms with Crippen LogP contribution in [0.2, 0.25) is 0 Å². The molecule has 0 unspecified atom stereocenters. The van der Waals surface area contributed by atoms with Gasteiger partial charge in [0.1, 0.15) is 0 Å². The zero-order valence-corrected chi connectivity index (χ0v) is 10.4. The van der Waals surface area contributed by atoms with Gasteiger partial charge < -0.3 is 10.2 Å². The lowest BCUT2D eigenvalue weighted by molar-refractivity contribution is 0.684. The van der Waals surface area contributed by atoms with E-state index in [0.29, 0.717) is 0 Å². The zero-order valence-electron chi connectivity index (χ0n) is 10.4. The van der Waals surface area contributed by atoms with Crippen molar-refractivity contribution in [1.82, 2.24) is 5.32 Å². The first kappa shape index (κ1) is 11.5. The van der Waals surface area contributed by atoms with Crippen molar-refractivity contribution in [2.75, 3.05) is 32.1 Å². The van der Waals surface area contributed by atoms with Crippen LogP contribution in [-0.2, 0) is 12.8 Å². The maximum absolute atomic E-state index is 3.19. The Hall–Kier alpha value is -1.02. The van der Waals surface area contributed by atoms with Gasteiger partial charge in [0, 0.05) is 25.8 Å². The van der Waals surface area contributed by atoms with Crippen molar-refractivity contribution in [3.05, 3.63) is 29.3 Å². The van der Waals surface area contributed by atoms with Crippen LogP contribution in [0.3, 0.4) is 0 Å². The fourth-order valence-corrected chi connectivity index (χ4v) is 2.37. The average Bonchev–Trinajstić information content (AvgIpc) is 2.35. The first-order valence-electron chi connectivity index (χ1n) is 6.29. The van der Waals surface area contributed by atoms with E-state index < -0.39 is 0 Å². The number of hydrogen-bond donors (Lipinski definition) is 1. The van der Waals surface area contributed by atoms with E-state index in [2.05, 4.69) is 35.5 Å². The van der Waals surface area contributed by atoms with E-state index in [0.717, 1.165) is 13.1 Å². The molecule has 0 saturated carbocycles. The standard InChI is InChI=1S/C14H22N2/c1-15-9-10-16(2)14-8-7-12-5-3-4-6-13(12)11-14/h7-8,11,15H,3-6,9-10H2,1-2H3. The monoisotopic (exact) mass is 218 g/mol. The summed E-state index contributed by atoms with van der Waals surface area (Å²) in [6.07, 6.45) is 5.26. The number of benzene rings is 1. The largest absolute Gasteiger partial charge is 0.373 e. The molecular weight excluding hydrogens is 196 g/mol. The highest BCUT2D eigenvalue weighted by Crippen LogP contribution is 2.25. The van der Waals surface area contributed by atoms with Gasteiger partial charge in [-0.2, -0.15) is 0 Å². The Labute approximate surface area is 98.7 Å². The molecule has 16 heavy (non-hydrogen) atoms. The average molecular weight is 218 g/mol. The highest BCUT2D eigenvalue weighted by Gasteiger charge is 2.10. The molecule has 0 bridgehead atoms. The molecule has 0 spiro atoms. The summed E-state index contributed by atoms with van der Waals surface area (Å²) in [4.78, 5) is 2.32. The van der Waals surface area contributed by atoms with E-state index in [1.54, 1.807) is 11.1 Å². The summed E-state index contributed by atoms with van der Waals surface area (Å²) in [5.74, 6) is 0. The van der Waals surface area contributed by atoms with E-state index >= 15 is 0 Å². The van der Waals surface area contributed by atoms with Gasteiger partial charge in [-0.25, -0.2) is 0 Å². The molecule has 2 nitrogen and oxygen atoms in total. The minimum absolute atomic E-state index is 1.04. The summed E-state index contributed by atoms with van der Waals surface area (Å²) in [7, 11) is 4.17. The molecule has 1 aromatic rings. The molecule has 2 heteroatoms. The van der Waals surface area contributed by atoms with E-state index in [4.69, 9.17) is 0 Å². The molecule has 1 aliphatic rings. The smallest absolute Gasteiger partial charge is 0.0366 e. The second-order valence-electron chi connectivity index (χ2n) is 4.69. The number of aryl methyl sites for hydroxylation is 2. The number of rotatable bonds is 4. The lowest BCUT2D eigenvalue weighted by Gasteiger charge is -2.22. The quantitative estimate of drug-likeness (QED) is 0.833. The highest BCUT2D eigenvalue weighted by atomic mass is 15.1. The van der Waals surface area contributed by atoms with Crippen LogP contribution in [0, 0.1) is 0 Å². The summed E-state index contributed by atoms with van der Waals surface area (Å²) < 4.78 is 0. The molecule has 1 N–H and O–H groups in total. The van der Waals surface area contributed by atoms with E-state index in [1.165, 1.54) is 31.4 Å². The van der Waals surface area contributed by atoms with Gasteiger partial charge in [-0.15, -0.1) is 0 Å². The molecule has 0 amide bonds. The number of anilines is 1. The Morgan fingerprint density at radius 3 is 2.69 bits per heavy atom. The SMILES string of the molecule is CNCCN(C)c1ccc2c(c1)CCCC2. The fourth-order valence-electron chi connectivity index (χ4n) is 2.37. The Morgan fingerprint density at radius 2 is 1.94 bits per heavy atom. The summed E-state index contributed by atoms with van der Waals surface area (Å²) in [5.41, 5.74) is 4.49. The van der Waals surface area contributed by atoms with Crippen molar-refractivity contribution in [3.8, 4) is 0 Å². The van der Waals surface area contributed by atoms with Crippen molar-refractivity contribution < 1.29 is 0 Å². The summed E-state index contributed by atoms with van der Waals surface area (Å²) in [6, 6.07) is 6.96. The van der Waals surface area contributed by atoms with Gasteiger partial charge in [-0.1, -0.05) is 6.07 Å². The fraction of sp³-hybridized carbons (Fsp3) is 0.571. The summed E-state index contributed by atoms with van der Waals surface area (Å²) in [5, 5.41) is 3.19. The minimum Gasteiger partial charge on any atom is -0.373 e. The molecule has 1 aromatic carbocycles. The zero-order chi connectivity index (χ0) is 11.4. The molecule has 88 valence electrons. The van der Waals surface area contributed by atoms with Gasteiger partial charge in [-0.05, 0) is 56.0 Å². The van der Waals surface area contributed by atoms with Crippen LogP contribution in [0.5, 0.6) is 0 Å². The molecule has 1 aliphatic carbocycles. The number of hydrogen-bond acceptors (Lipinski definition) is 2. The lowest BCUT2D eigenvalue weighted by Crippen LogP contribution is -2.27. The number of nitrogens with zero attached hydrogens (tertiary/aromatic N) is 1. The van der Waals surface area contributed by atoms with Crippen molar-refractivity contribution in [2.24, 2.45) is 0 Å². The Balaban J connectivity index is 2.10. The van der Waals surface area contributed by atoms with Crippen molar-refractivity contribution >= 4 is 5.69 Å². The molecular formula is C14H22N2. The summed E-state index contributed by atoms with van der Waals surface area (Å²) >= 11 is 0. The molecule has 0 fully saturated rings. The van der Waals surface area contributed by atoms with Crippen molar-refractivity contribution in [3.63, 3.8) is 0 Å². The molecule has 0 radical (unpaired) electrons. The predicted octanol–water partition coefficient (Wildman–Crippen LogP) is 2.22. The second-order valence-corrected chi connectivity index (χ2v) is 4.69. The third-order valence-electron chi connectivity index (χ3n) is 3.47. The van der Waals surface area contributed by atoms with Gasteiger partial charge in [0.05, 0.1) is 0 Å². The molecule has 0 atom stereocenters. The molecule has 2 rings (SSSR count). The van der Waals surface area contributed by atoms with Crippen LogP contribution in [0.25, 0.3) is 0 Å². The molecule has 0 aliphatic heterocycles. The van der Waals surface area contributed by atoms with Crippen LogP contribution in [0.15, 0.2) is 18.2 Å². The second kappa shape index (κ2) is 5.35. The Bertz CT molecular complexity index is 347. The van der Waals surface area contributed by atoms with Crippen molar-refractivity contribution in [2.45, 2.75) is 25.7 Å². The van der Waals surface area contributed by atoms with Crippen LogP contribution in [0.1, 0.15) is 24.0 Å². The number of likely N-dealkylation sites (N-methyl/N-ethyl adjacent to an activating group) is 2. The Kier molecular flexibility index (Phi) is 3.83. The minimum atomic E-state index is 1.04. The van der Waals surface area contributed by atoms with Gasteiger partial charge in [0.15, 0.2) is 0 Å². The highest BCUT2D eigenvalue weighted by molar-refractivity contribution is 5.51. The maximum atomic E-state index is 3.19. The van der Waals surface area contributed by atoms with Crippen LogP contribution < -0.4 is 10.2 Å². The third-order valence-corrected chi connectivity index (χ3v) is 3.47. The molecule has 0 heterocycles. The first-order valence-corrected chi connectivity index (χ1v) is 6.29. The number of fused-ring (bicyclic) bond motifs is 1. The van der Waals surface area contributed by atoms with Gasteiger partial charge in [0.25, 0.3) is 0 Å².